The van der Waals surface area contributed by atoms with E-state index in [0.29, 0.717) is 11.5 Å². The summed E-state index contributed by atoms with van der Waals surface area (Å²) in [5.74, 6) is 0.558. The normalized spacial score (nSPS) is 36.7. The molecule has 1 unspecified atom stereocenters. The van der Waals surface area contributed by atoms with E-state index in [1.54, 1.807) is 17.1 Å². The van der Waals surface area contributed by atoms with Crippen LogP contribution in [0.2, 0.25) is 0 Å². The number of nitrogens with zero attached hydrogens (tertiary/aromatic N) is 4. The number of fused-ring (bicyclic) bond motifs is 3. The van der Waals surface area contributed by atoms with Crippen molar-refractivity contribution in [2.75, 3.05) is 6.61 Å². The second kappa shape index (κ2) is 4.53. The molecule has 21 heavy (non-hydrogen) atoms. The summed E-state index contributed by atoms with van der Waals surface area (Å²) < 4.78 is 7.08. The summed E-state index contributed by atoms with van der Waals surface area (Å²) in [6, 6.07) is 0. The molecule has 4 heterocycles. The molecule has 4 rings (SSSR count). The van der Waals surface area contributed by atoms with Gasteiger partial charge in [-0.25, -0.2) is 9.98 Å². The highest BCUT2D eigenvalue weighted by atomic mass is 16.6. The molecule has 0 saturated carbocycles. The summed E-state index contributed by atoms with van der Waals surface area (Å²) in [6.07, 6.45) is 2.76. The monoisotopic (exact) mass is 293 g/mol. The zero-order chi connectivity index (χ0) is 14.6. The fraction of sp³-hybridized carbons (Fsp3) is 0.500. The van der Waals surface area contributed by atoms with Gasteiger partial charge in [0.15, 0.2) is 18.2 Å². The van der Waals surface area contributed by atoms with Gasteiger partial charge in [-0.2, -0.15) is 0 Å². The van der Waals surface area contributed by atoms with Crippen molar-refractivity contribution in [3.05, 3.63) is 24.4 Å². The number of aliphatic hydroxyl groups excluding tert-OH is 3. The molecule has 0 spiro atoms. The molecule has 0 bridgehead atoms. The standard InChI is InChI=1S/C12H15N5O4/c18-3-6-8(19)9(20)12(21-6)17-5-14-7-10-13-1-2-16(10)4-15-11(7)17/h1-2,4-6,8-10,12-13,18-20H,3H2/t6-,8-,9-,10?,12-/m1/s1. The lowest BCUT2D eigenvalue weighted by molar-refractivity contribution is -0.0520. The fourth-order valence-corrected chi connectivity index (χ4v) is 2.83. The zero-order valence-electron chi connectivity index (χ0n) is 10.9. The third-order valence-corrected chi connectivity index (χ3v) is 3.96. The van der Waals surface area contributed by atoms with E-state index >= 15 is 0 Å². The van der Waals surface area contributed by atoms with Crippen LogP contribution < -0.4 is 5.32 Å². The van der Waals surface area contributed by atoms with Gasteiger partial charge in [-0.3, -0.25) is 4.57 Å². The second-order valence-electron chi connectivity index (χ2n) is 5.17. The maximum Gasteiger partial charge on any atom is 0.165 e. The fourth-order valence-electron chi connectivity index (χ4n) is 2.83. The molecule has 0 amide bonds. The second-order valence-corrected chi connectivity index (χ2v) is 5.17. The Bertz CT molecular complexity index is 615. The molecule has 3 aliphatic heterocycles. The van der Waals surface area contributed by atoms with Crippen molar-refractivity contribution < 1.29 is 20.1 Å². The Kier molecular flexibility index (Phi) is 2.76. The first-order valence-corrected chi connectivity index (χ1v) is 6.64. The maximum absolute atomic E-state index is 10.1. The molecular weight excluding hydrogens is 278 g/mol. The number of ether oxygens (including phenoxy) is 1. The highest BCUT2D eigenvalue weighted by Crippen LogP contribution is 2.38. The summed E-state index contributed by atoms with van der Waals surface area (Å²) in [5.41, 5.74) is 0.709. The van der Waals surface area contributed by atoms with Gasteiger partial charge in [-0.15, -0.1) is 0 Å². The maximum atomic E-state index is 10.1. The van der Waals surface area contributed by atoms with Crippen molar-refractivity contribution in [2.45, 2.75) is 30.7 Å². The number of hydrogen-bond acceptors (Lipinski definition) is 8. The van der Waals surface area contributed by atoms with Gasteiger partial charge >= 0.3 is 0 Å². The quantitative estimate of drug-likeness (QED) is 0.527. The Hall–Kier alpha value is -1.94. The Morgan fingerprint density at radius 3 is 2.95 bits per heavy atom. The van der Waals surface area contributed by atoms with Gasteiger partial charge in [0.2, 0.25) is 0 Å². The van der Waals surface area contributed by atoms with Gasteiger partial charge in [-0.05, 0) is 0 Å². The Labute approximate surface area is 119 Å². The molecule has 1 fully saturated rings. The van der Waals surface area contributed by atoms with Crippen LogP contribution in [0.5, 0.6) is 0 Å². The average Bonchev–Trinajstić information content (AvgIpc) is 3.17. The van der Waals surface area contributed by atoms with Crippen LogP contribution in [0.4, 0.5) is 5.82 Å². The molecule has 4 N–H and O–H groups in total. The third-order valence-electron chi connectivity index (χ3n) is 3.96. The lowest BCUT2D eigenvalue weighted by Crippen LogP contribution is -2.33. The molecule has 1 aromatic rings. The van der Waals surface area contributed by atoms with Crippen molar-refractivity contribution in [1.82, 2.24) is 19.8 Å². The minimum Gasteiger partial charge on any atom is -0.394 e. The first kappa shape index (κ1) is 12.8. The molecule has 112 valence electrons. The number of aromatic nitrogens is 2. The number of imidazole rings is 1. The van der Waals surface area contributed by atoms with E-state index in [2.05, 4.69) is 15.3 Å². The number of aliphatic imine (C=N–C) groups is 1. The molecule has 9 nitrogen and oxygen atoms in total. The lowest BCUT2D eigenvalue weighted by atomic mass is 10.1. The molecule has 0 radical (unpaired) electrons. The Morgan fingerprint density at radius 2 is 2.19 bits per heavy atom. The topological polar surface area (TPSA) is 115 Å². The van der Waals surface area contributed by atoms with Crippen LogP contribution in [0, 0.1) is 0 Å². The largest absolute Gasteiger partial charge is 0.394 e. The van der Waals surface area contributed by atoms with Crippen LogP contribution in [0.15, 0.2) is 23.7 Å². The Morgan fingerprint density at radius 1 is 1.33 bits per heavy atom. The van der Waals surface area contributed by atoms with Crippen LogP contribution >= 0.6 is 0 Å². The molecule has 5 atom stereocenters. The van der Waals surface area contributed by atoms with Gasteiger partial charge in [0.1, 0.15) is 24.0 Å². The van der Waals surface area contributed by atoms with Crippen molar-refractivity contribution in [3.63, 3.8) is 0 Å². The van der Waals surface area contributed by atoms with Gasteiger partial charge in [-0.1, -0.05) is 0 Å². The average molecular weight is 293 g/mol. The predicted molar refractivity (Wildman–Crippen MR) is 70.2 cm³/mol. The van der Waals surface area contributed by atoms with Crippen LogP contribution in [0.1, 0.15) is 18.1 Å². The molecule has 3 aliphatic rings. The zero-order valence-corrected chi connectivity index (χ0v) is 10.9. The summed E-state index contributed by atoms with van der Waals surface area (Å²) in [5, 5.41) is 32.2. The number of rotatable bonds is 2. The first-order valence-electron chi connectivity index (χ1n) is 6.64. The van der Waals surface area contributed by atoms with Crippen molar-refractivity contribution in [1.29, 1.82) is 0 Å². The molecule has 1 aromatic heterocycles. The van der Waals surface area contributed by atoms with Gasteiger partial charge in [0.05, 0.1) is 19.3 Å². The Balaban J connectivity index is 1.69. The van der Waals surface area contributed by atoms with Crippen molar-refractivity contribution in [2.24, 2.45) is 4.99 Å². The van der Waals surface area contributed by atoms with Crippen LogP contribution in [-0.4, -0.2) is 61.0 Å². The number of nitrogens with one attached hydrogen (secondary N) is 1. The summed E-state index contributed by atoms with van der Waals surface area (Å²) in [4.78, 5) is 10.5. The molecule has 0 aromatic carbocycles. The highest BCUT2D eigenvalue weighted by Gasteiger charge is 2.45. The third kappa shape index (κ3) is 1.72. The van der Waals surface area contributed by atoms with E-state index in [1.807, 2.05) is 11.1 Å². The molecular formula is C12H15N5O4. The highest BCUT2D eigenvalue weighted by molar-refractivity contribution is 5.67. The van der Waals surface area contributed by atoms with Gasteiger partial charge in [0, 0.05) is 12.4 Å². The SMILES string of the molecule is OC[C@H]1O[C@@H](n2cnc3c2N=CN2C=CNC32)[C@H](O)[C@@H]1O. The van der Waals surface area contributed by atoms with Crippen LogP contribution in [0.25, 0.3) is 0 Å². The molecule has 0 aliphatic carbocycles. The number of aliphatic hydroxyl groups is 3. The lowest BCUT2D eigenvalue weighted by Gasteiger charge is -2.25. The number of hydrogen-bond donors (Lipinski definition) is 4. The van der Waals surface area contributed by atoms with E-state index in [1.165, 1.54) is 6.33 Å². The molecule has 1 saturated heterocycles. The van der Waals surface area contributed by atoms with Crippen LogP contribution in [0.3, 0.4) is 0 Å². The predicted octanol–water partition coefficient (Wildman–Crippen LogP) is -1.46. The van der Waals surface area contributed by atoms with E-state index in [4.69, 9.17) is 9.84 Å². The van der Waals surface area contributed by atoms with Gasteiger partial charge < -0.3 is 30.3 Å². The van der Waals surface area contributed by atoms with E-state index in [0.717, 1.165) is 0 Å². The minimum absolute atomic E-state index is 0.129. The van der Waals surface area contributed by atoms with Crippen LogP contribution in [-0.2, 0) is 4.74 Å². The van der Waals surface area contributed by atoms with E-state index < -0.39 is 24.5 Å². The first-order chi connectivity index (χ1) is 10.2. The van der Waals surface area contributed by atoms with Crippen molar-refractivity contribution >= 4 is 12.2 Å². The van der Waals surface area contributed by atoms with E-state index in [9.17, 15) is 10.2 Å². The smallest absolute Gasteiger partial charge is 0.165 e. The summed E-state index contributed by atoms with van der Waals surface area (Å²) in [7, 11) is 0. The molecule has 9 heteroatoms. The summed E-state index contributed by atoms with van der Waals surface area (Å²) in [6.45, 7) is -0.364. The van der Waals surface area contributed by atoms with E-state index in [-0.39, 0.29) is 12.8 Å². The van der Waals surface area contributed by atoms with Gasteiger partial charge in [0.25, 0.3) is 0 Å². The van der Waals surface area contributed by atoms with Crippen molar-refractivity contribution in [3.8, 4) is 0 Å². The summed E-state index contributed by atoms with van der Waals surface area (Å²) >= 11 is 0. The minimum atomic E-state index is -1.15.